The zero-order valence-electron chi connectivity index (χ0n) is 14.2. The van der Waals surface area contributed by atoms with Crippen molar-refractivity contribution in [2.24, 2.45) is 0 Å². The minimum Gasteiger partial charge on any atom is -0.461 e. The molecule has 132 valence electrons. The van der Waals surface area contributed by atoms with Gasteiger partial charge >= 0.3 is 5.97 Å². The topological polar surface area (TPSA) is 46.6 Å². The van der Waals surface area contributed by atoms with E-state index < -0.39 is 12.0 Å². The van der Waals surface area contributed by atoms with Gasteiger partial charge in [0.05, 0.1) is 16.1 Å². The molecule has 0 heterocycles. The molecule has 0 aliphatic rings. The molecule has 0 aliphatic heterocycles. The molecule has 2 rings (SSSR count). The van der Waals surface area contributed by atoms with Gasteiger partial charge in [0.15, 0.2) is 0 Å². The predicted octanol–water partition coefficient (Wildman–Crippen LogP) is 4.98. The van der Waals surface area contributed by atoms with Gasteiger partial charge in [0.2, 0.25) is 0 Å². The average molecular weight is 380 g/mol. The van der Waals surface area contributed by atoms with Crippen LogP contribution in [0.4, 0.5) is 5.69 Å². The third-order valence-corrected chi connectivity index (χ3v) is 4.24. The zero-order chi connectivity index (χ0) is 18.6. The fraction of sp³-hybridized carbons (Fsp3) is 0.263. The summed E-state index contributed by atoms with van der Waals surface area (Å²) >= 11 is 12.1. The lowest BCUT2D eigenvalue weighted by Crippen LogP contribution is -2.45. The molecule has 2 aromatic rings. The summed E-state index contributed by atoms with van der Waals surface area (Å²) in [6, 6.07) is 12.7. The SMILES string of the molecule is CC(C)OC(=O)C(C)N(C(=O)c1ccccc1)c1ccc(Cl)c(Cl)c1. The van der Waals surface area contributed by atoms with E-state index in [4.69, 9.17) is 27.9 Å². The molecule has 0 aliphatic carbocycles. The zero-order valence-corrected chi connectivity index (χ0v) is 15.7. The van der Waals surface area contributed by atoms with Crippen molar-refractivity contribution < 1.29 is 14.3 Å². The van der Waals surface area contributed by atoms with E-state index in [9.17, 15) is 9.59 Å². The number of carbonyl (C=O) groups excluding carboxylic acids is 2. The highest BCUT2D eigenvalue weighted by atomic mass is 35.5. The number of anilines is 1. The number of hydrogen-bond donors (Lipinski definition) is 0. The molecule has 0 N–H and O–H groups in total. The molecule has 0 saturated carbocycles. The Morgan fingerprint density at radius 1 is 0.960 bits per heavy atom. The van der Waals surface area contributed by atoms with Crippen molar-refractivity contribution in [3.05, 3.63) is 64.1 Å². The van der Waals surface area contributed by atoms with Gasteiger partial charge in [-0.15, -0.1) is 0 Å². The third kappa shape index (κ3) is 4.74. The normalized spacial score (nSPS) is 11.9. The highest BCUT2D eigenvalue weighted by Gasteiger charge is 2.30. The summed E-state index contributed by atoms with van der Waals surface area (Å²) in [4.78, 5) is 26.8. The summed E-state index contributed by atoms with van der Waals surface area (Å²) in [5.41, 5.74) is 0.925. The van der Waals surface area contributed by atoms with Crippen molar-refractivity contribution in [1.82, 2.24) is 0 Å². The Hall–Kier alpha value is -2.04. The van der Waals surface area contributed by atoms with Gasteiger partial charge in [0, 0.05) is 11.3 Å². The maximum Gasteiger partial charge on any atom is 0.329 e. The van der Waals surface area contributed by atoms with Gasteiger partial charge < -0.3 is 4.74 Å². The van der Waals surface area contributed by atoms with Crippen molar-refractivity contribution in [1.29, 1.82) is 0 Å². The molecule has 1 atom stereocenters. The van der Waals surface area contributed by atoms with Crippen LogP contribution in [0, 0.1) is 0 Å². The smallest absolute Gasteiger partial charge is 0.329 e. The van der Waals surface area contributed by atoms with E-state index in [1.807, 2.05) is 6.07 Å². The Morgan fingerprint density at radius 2 is 1.60 bits per heavy atom. The molecule has 1 unspecified atom stereocenters. The Balaban J connectivity index is 2.45. The molecular weight excluding hydrogens is 361 g/mol. The van der Waals surface area contributed by atoms with Crippen LogP contribution in [0.2, 0.25) is 10.0 Å². The number of halogens is 2. The number of hydrogen-bond acceptors (Lipinski definition) is 3. The van der Waals surface area contributed by atoms with Gasteiger partial charge in [-0.05, 0) is 51.1 Å². The van der Waals surface area contributed by atoms with E-state index >= 15 is 0 Å². The van der Waals surface area contributed by atoms with Gasteiger partial charge in [0.1, 0.15) is 6.04 Å². The lowest BCUT2D eigenvalue weighted by molar-refractivity contribution is -0.148. The van der Waals surface area contributed by atoms with E-state index in [-0.39, 0.29) is 12.0 Å². The van der Waals surface area contributed by atoms with Crippen LogP contribution >= 0.6 is 23.2 Å². The van der Waals surface area contributed by atoms with E-state index in [1.165, 1.54) is 4.90 Å². The Kier molecular flexibility index (Phi) is 6.45. The van der Waals surface area contributed by atoms with Crippen LogP contribution in [0.5, 0.6) is 0 Å². The summed E-state index contributed by atoms with van der Waals surface area (Å²) < 4.78 is 5.26. The molecule has 2 aromatic carbocycles. The van der Waals surface area contributed by atoms with Crippen LogP contribution < -0.4 is 4.90 Å². The third-order valence-electron chi connectivity index (χ3n) is 3.50. The summed E-state index contributed by atoms with van der Waals surface area (Å²) in [6.07, 6.45) is -0.280. The van der Waals surface area contributed by atoms with Crippen LogP contribution in [0.15, 0.2) is 48.5 Å². The van der Waals surface area contributed by atoms with Crippen molar-refractivity contribution in [2.45, 2.75) is 32.9 Å². The van der Waals surface area contributed by atoms with Crippen LogP contribution in [-0.4, -0.2) is 24.0 Å². The Labute approximate surface area is 157 Å². The monoisotopic (exact) mass is 379 g/mol. The Morgan fingerprint density at radius 3 is 2.16 bits per heavy atom. The summed E-state index contributed by atoms with van der Waals surface area (Å²) in [5, 5.41) is 0.671. The summed E-state index contributed by atoms with van der Waals surface area (Å²) in [6.45, 7) is 5.13. The first-order valence-corrected chi connectivity index (χ1v) is 8.61. The van der Waals surface area contributed by atoms with Crippen LogP contribution in [0.25, 0.3) is 0 Å². The molecule has 0 saturated heterocycles. The fourth-order valence-electron chi connectivity index (χ4n) is 2.31. The number of amides is 1. The maximum absolute atomic E-state index is 13.0. The molecule has 0 aromatic heterocycles. The molecule has 4 nitrogen and oxygen atoms in total. The highest BCUT2D eigenvalue weighted by molar-refractivity contribution is 6.42. The minimum absolute atomic E-state index is 0.280. The lowest BCUT2D eigenvalue weighted by Gasteiger charge is -2.29. The van der Waals surface area contributed by atoms with Gasteiger partial charge in [-0.3, -0.25) is 9.69 Å². The van der Waals surface area contributed by atoms with Gasteiger partial charge in [0.25, 0.3) is 5.91 Å². The molecule has 0 bridgehead atoms. The first-order chi connectivity index (χ1) is 11.8. The van der Waals surface area contributed by atoms with E-state index in [1.54, 1.807) is 63.2 Å². The Bertz CT molecular complexity index is 763. The fourth-order valence-corrected chi connectivity index (χ4v) is 2.60. The molecule has 25 heavy (non-hydrogen) atoms. The van der Waals surface area contributed by atoms with Crippen molar-refractivity contribution in [2.75, 3.05) is 4.90 Å². The van der Waals surface area contributed by atoms with Gasteiger partial charge in [-0.1, -0.05) is 41.4 Å². The van der Waals surface area contributed by atoms with Gasteiger partial charge in [-0.2, -0.15) is 0 Å². The second-order valence-electron chi connectivity index (χ2n) is 5.80. The summed E-state index contributed by atoms with van der Waals surface area (Å²) in [7, 11) is 0. The number of benzene rings is 2. The van der Waals surface area contributed by atoms with Crippen LogP contribution in [-0.2, 0) is 9.53 Å². The highest BCUT2D eigenvalue weighted by Crippen LogP contribution is 2.29. The van der Waals surface area contributed by atoms with E-state index in [0.717, 1.165) is 0 Å². The number of esters is 1. The first-order valence-electron chi connectivity index (χ1n) is 7.85. The molecule has 6 heteroatoms. The standard InChI is InChI=1S/C19H19Cl2NO3/c1-12(2)25-19(24)13(3)22(15-9-10-16(20)17(21)11-15)18(23)14-7-5-4-6-8-14/h4-13H,1-3H3. The first kappa shape index (κ1) is 19.3. The number of rotatable bonds is 5. The number of nitrogens with zero attached hydrogens (tertiary/aromatic N) is 1. The quantitative estimate of drug-likeness (QED) is 0.688. The summed E-state index contributed by atoms with van der Waals surface area (Å²) in [5.74, 6) is -0.822. The molecule has 0 fully saturated rings. The van der Waals surface area contributed by atoms with E-state index in [2.05, 4.69) is 0 Å². The number of carbonyl (C=O) groups is 2. The van der Waals surface area contributed by atoms with Crippen molar-refractivity contribution >= 4 is 40.8 Å². The van der Waals surface area contributed by atoms with Crippen molar-refractivity contribution in [3.8, 4) is 0 Å². The van der Waals surface area contributed by atoms with Gasteiger partial charge in [-0.25, -0.2) is 4.79 Å². The van der Waals surface area contributed by atoms with Crippen LogP contribution in [0.1, 0.15) is 31.1 Å². The lowest BCUT2D eigenvalue weighted by atomic mass is 10.1. The second-order valence-corrected chi connectivity index (χ2v) is 6.62. The molecule has 1 amide bonds. The maximum atomic E-state index is 13.0. The predicted molar refractivity (Wildman–Crippen MR) is 100 cm³/mol. The second kappa shape index (κ2) is 8.37. The largest absolute Gasteiger partial charge is 0.461 e. The minimum atomic E-state index is -0.827. The molecular formula is C19H19Cl2NO3. The van der Waals surface area contributed by atoms with Crippen LogP contribution in [0.3, 0.4) is 0 Å². The number of ether oxygens (including phenoxy) is 1. The average Bonchev–Trinajstić information content (AvgIpc) is 2.58. The molecule has 0 radical (unpaired) electrons. The van der Waals surface area contributed by atoms with Crippen molar-refractivity contribution in [3.63, 3.8) is 0 Å². The molecule has 0 spiro atoms. The van der Waals surface area contributed by atoms with E-state index in [0.29, 0.717) is 21.3 Å².